The van der Waals surface area contributed by atoms with Gasteiger partial charge in [-0.2, -0.15) is 0 Å². The van der Waals surface area contributed by atoms with E-state index in [-0.39, 0.29) is 22.4 Å². The van der Waals surface area contributed by atoms with Gasteiger partial charge in [-0.15, -0.1) is 0 Å². The number of aromatic nitrogens is 1. The zero-order valence-corrected chi connectivity index (χ0v) is 32.2. The largest absolute Gasteiger partial charge is 0.507 e. The second-order valence-electron chi connectivity index (χ2n) is 16.6. The molecule has 9 rings (SSSR count). The number of aromatic hydroxyl groups is 1. The first-order chi connectivity index (χ1) is 26.8. The number of para-hydroxylation sites is 1. The average molecular weight is 737 g/mol. The maximum atomic E-state index is 14.0. The fourth-order valence-corrected chi connectivity index (χ4v) is 7.52. The minimum atomic E-state index is -0.282. The summed E-state index contributed by atoms with van der Waals surface area (Å²) in [5, 5.41) is 14.8. The molecule has 0 radical (unpaired) electrons. The molecule has 6 heteroatoms. The van der Waals surface area contributed by atoms with Crippen LogP contribution in [-0.4, -0.2) is 16.3 Å². The summed E-state index contributed by atoms with van der Waals surface area (Å²) in [5.74, 6) is 0.309. The van der Waals surface area contributed by atoms with E-state index in [1.54, 1.807) is 24.4 Å². The Bertz CT molecular complexity index is 3010. The molecule has 56 heavy (non-hydrogen) atoms. The van der Waals surface area contributed by atoms with Crippen molar-refractivity contribution in [3.63, 3.8) is 0 Å². The molecule has 0 aliphatic rings. The molecule has 0 aliphatic heterocycles. The molecule has 0 fully saturated rings. The van der Waals surface area contributed by atoms with Crippen LogP contribution in [0, 0.1) is 5.82 Å². The van der Waals surface area contributed by atoms with E-state index < -0.39 is 0 Å². The molecular weight excluding hydrogens is 696 g/mol. The van der Waals surface area contributed by atoms with Crippen molar-refractivity contribution in [2.45, 2.75) is 52.4 Å². The first-order valence-electron chi connectivity index (χ1n) is 18.9. The molecule has 276 valence electrons. The molecule has 9 aromatic rings. The van der Waals surface area contributed by atoms with Gasteiger partial charge in [0.05, 0.1) is 11.3 Å². The number of phenolic OH excluding ortho intramolecular Hbond substituents is 1. The van der Waals surface area contributed by atoms with Gasteiger partial charge in [0, 0.05) is 39.1 Å². The Hall–Kier alpha value is -6.53. The SMILES string of the molecule is CC(C)(C)c1ccc(O)c(C=Nc2c(-c3nc4c(-c5ccc(-c6ccc(F)cc6)c6c5oc5ccccc56)cc(C(C)(C)C)cc4o3)ccc3ccccc23)c1. The number of fused-ring (bicyclic) bond motifs is 5. The van der Waals surface area contributed by atoms with Crippen LogP contribution >= 0.6 is 0 Å². The first kappa shape index (κ1) is 35.2. The minimum Gasteiger partial charge on any atom is -0.507 e. The molecule has 0 saturated heterocycles. The highest BCUT2D eigenvalue weighted by molar-refractivity contribution is 6.17. The van der Waals surface area contributed by atoms with Gasteiger partial charge in [-0.05, 0) is 93.1 Å². The summed E-state index contributed by atoms with van der Waals surface area (Å²) in [7, 11) is 0. The van der Waals surface area contributed by atoms with E-state index in [1.807, 2.05) is 54.6 Å². The summed E-state index contributed by atoms with van der Waals surface area (Å²) in [5.41, 5.74) is 10.4. The van der Waals surface area contributed by atoms with Crippen LogP contribution in [0.2, 0.25) is 0 Å². The lowest BCUT2D eigenvalue weighted by atomic mass is 9.84. The van der Waals surface area contributed by atoms with Crippen LogP contribution in [-0.2, 0) is 10.8 Å². The molecule has 2 heterocycles. The lowest BCUT2D eigenvalue weighted by Crippen LogP contribution is -2.11. The predicted octanol–water partition coefficient (Wildman–Crippen LogP) is 14.1. The highest BCUT2D eigenvalue weighted by atomic mass is 19.1. The zero-order valence-electron chi connectivity index (χ0n) is 32.2. The second kappa shape index (κ2) is 13.1. The van der Waals surface area contributed by atoms with Crippen LogP contribution in [0.5, 0.6) is 5.75 Å². The highest BCUT2D eigenvalue weighted by Gasteiger charge is 2.25. The Morgan fingerprint density at radius 3 is 2.09 bits per heavy atom. The molecule has 0 aliphatic carbocycles. The van der Waals surface area contributed by atoms with E-state index in [1.165, 1.54) is 12.1 Å². The zero-order chi connectivity index (χ0) is 38.9. The molecule has 0 saturated carbocycles. The number of halogens is 1. The Labute approximate surface area is 324 Å². The van der Waals surface area contributed by atoms with Crippen LogP contribution in [0.25, 0.3) is 77.5 Å². The molecule has 0 unspecified atom stereocenters. The average Bonchev–Trinajstić information content (AvgIpc) is 3.79. The van der Waals surface area contributed by atoms with Gasteiger partial charge in [0.25, 0.3) is 0 Å². The molecule has 0 atom stereocenters. The summed E-state index contributed by atoms with van der Waals surface area (Å²) in [6.07, 6.45) is 1.72. The second-order valence-corrected chi connectivity index (χ2v) is 16.6. The van der Waals surface area contributed by atoms with Gasteiger partial charge in [-0.25, -0.2) is 9.37 Å². The molecular formula is C50H41FN2O3. The lowest BCUT2D eigenvalue weighted by molar-refractivity contribution is 0.473. The number of hydrogen-bond donors (Lipinski definition) is 1. The van der Waals surface area contributed by atoms with Crippen molar-refractivity contribution in [2.24, 2.45) is 4.99 Å². The number of benzene rings is 7. The summed E-state index contributed by atoms with van der Waals surface area (Å²) in [6.45, 7) is 13.0. The number of nitrogens with zero attached hydrogens (tertiary/aromatic N) is 2. The number of phenols is 1. The number of rotatable bonds is 5. The van der Waals surface area contributed by atoms with Crippen molar-refractivity contribution in [3.05, 3.63) is 150 Å². The molecule has 0 spiro atoms. The first-order valence-corrected chi connectivity index (χ1v) is 18.9. The highest BCUT2D eigenvalue weighted by Crippen LogP contribution is 2.46. The monoisotopic (exact) mass is 736 g/mol. The molecule has 2 aromatic heterocycles. The van der Waals surface area contributed by atoms with Gasteiger partial charge in [0.15, 0.2) is 5.58 Å². The summed E-state index contributed by atoms with van der Waals surface area (Å²) in [4.78, 5) is 10.3. The van der Waals surface area contributed by atoms with Gasteiger partial charge in [0.2, 0.25) is 5.89 Å². The van der Waals surface area contributed by atoms with Crippen molar-refractivity contribution < 1.29 is 18.3 Å². The van der Waals surface area contributed by atoms with Gasteiger partial charge >= 0.3 is 0 Å². The van der Waals surface area contributed by atoms with Gasteiger partial charge < -0.3 is 13.9 Å². The Morgan fingerprint density at radius 1 is 0.625 bits per heavy atom. The normalized spacial score (nSPS) is 12.6. The van der Waals surface area contributed by atoms with E-state index in [4.69, 9.17) is 18.8 Å². The van der Waals surface area contributed by atoms with Crippen molar-refractivity contribution in [3.8, 4) is 39.5 Å². The molecule has 0 bridgehead atoms. The number of aliphatic imine (C=N–C) groups is 1. The van der Waals surface area contributed by atoms with Crippen LogP contribution in [0.15, 0.2) is 141 Å². The summed E-state index contributed by atoms with van der Waals surface area (Å²) >= 11 is 0. The number of oxazole rings is 1. The van der Waals surface area contributed by atoms with E-state index in [9.17, 15) is 9.50 Å². The van der Waals surface area contributed by atoms with Crippen LogP contribution in [0.1, 0.15) is 58.2 Å². The van der Waals surface area contributed by atoms with Crippen molar-refractivity contribution in [1.29, 1.82) is 0 Å². The third-order valence-electron chi connectivity index (χ3n) is 10.7. The van der Waals surface area contributed by atoms with Gasteiger partial charge in [-0.1, -0.05) is 114 Å². The molecule has 1 N–H and O–H groups in total. The van der Waals surface area contributed by atoms with Crippen molar-refractivity contribution in [2.75, 3.05) is 0 Å². The lowest BCUT2D eigenvalue weighted by Gasteiger charge is -2.20. The number of hydrogen-bond acceptors (Lipinski definition) is 5. The van der Waals surface area contributed by atoms with Crippen LogP contribution in [0.4, 0.5) is 10.1 Å². The predicted molar refractivity (Wildman–Crippen MR) is 228 cm³/mol. The van der Waals surface area contributed by atoms with Crippen molar-refractivity contribution in [1.82, 2.24) is 4.98 Å². The van der Waals surface area contributed by atoms with E-state index in [2.05, 4.69) is 84.0 Å². The maximum Gasteiger partial charge on any atom is 0.229 e. The van der Waals surface area contributed by atoms with Gasteiger partial charge in [-0.3, -0.25) is 4.99 Å². The fraction of sp³-hybridized carbons (Fsp3) is 0.160. The fourth-order valence-electron chi connectivity index (χ4n) is 7.52. The van der Waals surface area contributed by atoms with Crippen LogP contribution in [0.3, 0.4) is 0 Å². The summed E-state index contributed by atoms with van der Waals surface area (Å²) in [6, 6.07) is 40.9. The van der Waals surface area contributed by atoms with E-state index in [0.29, 0.717) is 28.2 Å². The molecule has 5 nitrogen and oxygen atoms in total. The third kappa shape index (κ3) is 6.12. The van der Waals surface area contributed by atoms with Crippen molar-refractivity contribution >= 4 is 55.7 Å². The third-order valence-corrected chi connectivity index (χ3v) is 10.7. The topological polar surface area (TPSA) is 71.8 Å². The van der Waals surface area contributed by atoms with Gasteiger partial charge in [0.1, 0.15) is 28.2 Å². The molecule has 0 amide bonds. The Morgan fingerprint density at radius 2 is 1.32 bits per heavy atom. The summed E-state index contributed by atoms with van der Waals surface area (Å²) < 4.78 is 27.5. The Kier molecular flexibility index (Phi) is 8.20. The van der Waals surface area contributed by atoms with E-state index in [0.717, 1.165) is 71.7 Å². The van der Waals surface area contributed by atoms with Crippen LogP contribution < -0.4 is 0 Å². The van der Waals surface area contributed by atoms with E-state index >= 15 is 0 Å². The standard InChI is InChI=1S/C50H41FN2O3/c1-49(2,3)32-18-24-41(54)31(25-32)28-52-45-36-12-8-7-11-29(36)17-21-39(45)48-53-46-40(26-33(50(4,5)6)27-43(46)56-48)37-23-22-35(30-15-19-34(51)20-16-30)44-38-13-9-10-14-42(38)55-47(37)44/h7-28,54H,1-6H3. The number of furan rings is 1. The Balaban J connectivity index is 1.28. The maximum absolute atomic E-state index is 14.0. The minimum absolute atomic E-state index is 0.0993. The molecule has 7 aromatic carbocycles. The quantitative estimate of drug-likeness (QED) is 0.179. The smallest absolute Gasteiger partial charge is 0.229 e.